The van der Waals surface area contributed by atoms with E-state index in [-0.39, 0.29) is 0 Å². The quantitative estimate of drug-likeness (QED) is 0.844. The van der Waals surface area contributed by atoms with Crippen molar-refractivity contribution in [1.82, 2.24) is 0 Å². The number of nitrogens with two attached hydrogens (primary N) is 2. The summed E-state index contributed by atoms with van der Waals surface area (Å²) in [4.78, 5) is 28.0. The number of primary amides is 2. The van der Waals surface area contributed by atoms with E-state index in [2.05, 4.69) is 18.8 Å². The molecule has 0 unspecified atom stereocenters. The van der Waals surface area contributed by atoms with Crippen molar-refractivity contribution in [2.75, 3.05) is 0 Å². The van der Waals surface area contributed by atoms with Gasteiger partial charge in [0.2, 0.25) is 11.8 Å². The molecule has 0 aromatic heterocycles. The molecule has 1 aromatic rings. The van der Waals surface area contributed by atoms with Gasteiger partial charge in [0.15, 0.2) is 0 Å². The number of aliphatic imine (C=N–C) groups is 1. The van der Waals surface area contributed by atoms with Crippen LogP contribution < -0.4 is 11.5 Å². The summed E-state index contributed by atoms with van der Waals surface area (Å²) in [5, 5.41) is 0. The Morgan fingerprint density at radius 3 is 2.26 bits per heavy atom. The molecule has 4 N–H and O–H groups in total. The zero-order chi connectivity index (χ0) is 17.0. The highest BCUT2D eigenvalue weighted by Gasteiger charge is 2.35. The number of carbonyl (C=O) groups is 2. The summed E-state index contributed by atoms with van der Waals surface area (Å²) in [6, 6.07) is 5.04. The van der Waals surface area contributed by atoms with Gasteiger partial charge in [-0.05, 0) is 31.1 Å². The number of carbonyl (C=O) groups excluding carboxylic acids is 2. The van der Waals surface area contributed by atoms with Crippen molar-refractivity contribution in [2.45, 2.75) is 39.5 Å². The van der Waals surface area contributed by atoms with Gasteiger partial charge in [0.05, 0.1) is 5.69 Å². The summed E-state index contributed by atoms with van der Waals surface area (Å²) in [7, 11) is 0. The van der Waals surface area contributed by atoms with Gasteiger partial charge in [-0.2, -0.15) is 0 Å². The predicted octanol–water partition coefficient (Wildman–Crippen LogP) is 2.96. The Labute approximate surface area is 136 Å². The molecule has 0 saturated carbocycles. The van der Waals surface area contributed by atoms with Crippen LogP contribution in [0.5, 0.6) is 0 Å². The lowest BCUT2D eigenvalue weighted by molar-refractivity contribution is -0.115. The van der Waals surface area contributed by atoms with Crippen LogP contribution in [0.4, 0.5) is 5.69 Å². The summed E-state index contributed by atoms with van der Waals surface area (Å²) < 4.78 is 0. The number of fused-ring (bicyclic) bond motifs is 1. The molecule has 1 aliphatic rings. The molecule has 2 amide bonds. The number of amides is 2. The Bertz CT molecular complexity index is 684. The van der Waals surface area contributed by atoms with E-state index in [0.717, 1.165) is 31.2 Å². The monoisotopic (exact) mass is 313 g/mol. The first-order chi connectivity index (χ1) is 10.9. The van der Waals surface area contributed by atoms with Gasteiger partial charge in [-0.1, -0.05) is 32.8 Å². The van der Waals surface area contributed by atoms with Crippen LogP contribution >= 0.6 is 0 Å². The van der Waals surface area contributed by atoms with Crippen molar-refractivity contribution in [3.8, 4) is 0 Å². The summed E-state index contributed by atoms with van der Waals surface area (Å²) in [5.74, 6) is -0.926. The molecule has 1 aromatic carbocycles. The minimum Gasteiger partial charge on any atom is -0.366 e. The Hall–Kier alpha value is -2.43. The van der Waals surface area contributed by atoms with Gasteiger partial charge in [-0.3, -0.25) is 14.6 Å². The average Bonchev–Trinajstić information content (AvgIpc) is 2.65. The first kappa shape index (κ1) is 16.9. The molecular formula is C18H23N3O2. The highest BCUT2D eigenvalue weighted by Crippen LogP contribution is 2.41. The summed E-state index contributed by atoms with van der Waals surface area (Å²) in [6.07, 6.45) is 7.07. The van der Waals surface area contributed by atoms with E-state index in [1.807, 2.05) is 6.21 Å². The first-order valence-electron chi connectivity index (χ1n) is 7.94. The summed E-state index contributed by atoms with van der Waals surface area (Å²) in [6.45, 7) is 4.15. The van der Waals surface area contributed by atoms with E-state index < -0.39 is 17.2 Å². The van der Waals surface area contributed by atoms with Crippen molar-refractivity contribution in [3.05, 3.63) is 34.9 Å². The van der Waals surface area contributed by atoms with Crippen molar-refractivity contribution in [1.29, 1.82) is 0 Å². The zero-order valence-corrected chi connectivity index (χ0v) is 13.6. The second-order valence-corrected chi connectivity index (χ2v) is 5.97. The van der Waals surface area contributed by atoms with Crippen LogP contribution in [-0.4, -0.2) is 18.0 Å². The van der Waals surface area contributed by atoms with Crippen molar-refractivity contribution in [3.63, 3.8) is 0 Å². The highest BCUT2D eigenvalue weighted by atomic mass is 16.1. The normalized spacial score (nSPS) is 15.5. The topological polar surface area (TPSA) is 98.5 Å². The number of hydrogen-bond donors (Lipinski definition) is 2. The lowest BCUT2D eigenvalue weighted by Crippen LogP contribution is -2.32. The van der Waals surface area contributed by atoms with E-state index in [1.54, 1.807) is 24.3 Å². The van der Waals surface area contributed by atoms with Gasteiger partial charge in [0.25, 0.3) is 0 Å². The molecule has 23 heavy (non-hydrogen) atoms. The molecular weight excluding hydrogens is 290 g/mol. The van der Waals surface area contributed by atoms with Crippen molar-refractivity contribution < 1.29 is 9.59 Å². The van der Waals surface area contributed by atoms with E-state index in [4.69, 9.17) is 11.5 Å². The maximum atomic E-state index is 12.1. The third kappa shape index (κ3) is 3.33. The molecule has 0 saturated heterocycles. The van der Waals surface area contributed by atoms with Crippen LogP contribution in [0.2, 0.25) is 0 Å². The number of benzene rings is 1. The lowest BCUT2D eigenvalue weighted by Gasteiger charge is -2.30. The molecule has 122 valence electrons. The maximum Gasteiger partial charge on any atom is 0.248 e. The van der Waals surface area contributed by atoms with Crippen LogP contribution in [-0.2, 0) is 4.79 Å². The van der Waals surface area contributed by atoms with Crippen molar-refractivity contribution in [2.24, 2.45) is 21.9 Å². The van der Waals surface area contributed by atoms with E-state index in [1.165, 1.54) is 0 Å². The molecule has 1 aliphatic heterocycles. The van der Waals surface area contributed by atoms with E-state index in [9.17, 15) is 9.59 Å². The number of nitrogens with zero attached hydrogens (tertiary/aromatic N) is 1. The fourth-order valence-corrected chi connectivity index (χ4v) is 3.22. The lowest BCUT2D eigenvalue weighted by atomic mass is 9.73. The van der Waals surface area contributed by atoms with Crippen molar-refractivity contribution >= 4 is 29.8 Å². The fraction of sp³-hybridized carbons (Fsp3) is 0.389. The Morgan fingerprint density at radius 1 is 1.09 bits per heavy atom. The predicted molar refractivity (Wildman–Crippen MR) is 92.5 cm³/mol. The zero-order valence-electron chi connectivity index (χ0n) is 13.6. The van der Waals surface area contributed by atoms with Crippen LogP contribution in [0.1, 0.15) is 55.5 Å². The summed E-state index contributed by atoms with van der Waals surface area (Å²) in [5.41, 5.74) is 12.9. The van der Waals surface area contributed by atoms with Gasteiger partial charge in [-0.25, -0.2) is 0 Å². The molecule has 0 spiro atoms. The van der Waals surface area contributed by atoms with Gasteiger partial charge >= 0.3 is 0 Å². The molecule has 0 atom stereocenters. The highest BCUT2D eigenvalue weighted by molar-refractivity contribution is 6.05. The standard InChI is InChI=1S/C18H23N3O2/c1-3-7-18(8-4-2)11-21-15-10-13(16(19)22)6-5-12(15)9-14(18)17(20)23/h5-6,9-11H,3-4,7-8H2,1-2H3,(H2,19,22)(H2,20,23). The van der Waals surface area contributed by atoms with Crippen LogP contribution in [0.15, 0.2) is 28.8 Å². The van der Waals surface area contributed by atoms with Gasteiger partial charge in [0, 0.05) is 28.3 Å². The first-order valence-corrected chi connectivity index (χ1v) is 7.94. The Balaban J connectivity index is 2.64. The largest absolute Gasteiger partial charge is 0.366 e. The third-order valence-electron chi connectivity index (χ3n) is 4.26. The smallest absolute Gasteiger partial charge is 0.248 e. The molecule has 0 fully saturated rings. The molecule has 5 nitrogen and oxygen atoms in total. The maximum absolute atomic E-state index is 12.1. The Morgan fingerprint density at radius 2 is 1.74 bits per heavy atom. The number of hydrogen-bond acceptors (Lipinski definition) is 3. The van der Waals surface area contributed by atoms with Gasteiger partial charge in [-0.15, -0.1) is 0 Å². The molecule has 5 heteroatoms. The van der Waals surface area contributed by atoms with Crippen LogP contribution in [0.25, 0.3) is 6.08 Å². The molecule has 0 aliphatic carbocycles. The SMILES string of the molecule is CCCC1(CCC)C=Nc2cc(C(N)=O)ccc2C=C1C(N)=O. The second kappa shape index (κ2) is 6.77. The second-order valence-electron chi connectivity index (χ2n) is 5.97. The third-order valence-corrected chi connectivity index (χ3v) is 4.26. The minimum absolute atomic E-state index is 0.397. The van der Waals surface area contributed by atoms with E-state index >= 15 is 0 Å². The van der Waals surface area contributed by atoms with Gasteiger partial charge < -0.3 is 11.5 Å². The Kier molecular flexibility index (Phi) is 4.98. The van der Waals surface area contributed by atoms with Crippen LogP contribution in [0.3, 0.4) is 0 Å². The minimum atomic E-state index is -0.500. The molecule has 1 heterocycles. The average molecular weight is 313 g/mol. The molecule has 0 bridgehead atoms. The number of rotatable bonds is 6. The fourth-order valence-electron chi connectivity index (χ4n) is 3.22. The van der Waals surface area contributed by atoms with Gasteiger partial charge in [0.1, 0.15) is 0 Å². The summed E-state index contributed by atoms with van der Waals surface area (Å²) >= 11 is 0. The van der Waals surface area contributed by atoms with E-state index in [0.29, 0.717) is 16.8 Å². The molecule has 0 radical (unpaired) electrons. The molecule has 2 rings (SSSR count). The van der Waals surface area contributed by atoms with Crippen LogP contribution in [0, 0.1) is 5.41 Å².